The Balaban J connectivity index is 1.85. The van der Waals surface area contributed by atoms with Gasteiger partial charge in [-0.05, 0) is 32.4 Å². The normalized spacial score (nSPS) is 37.5. The number of alkyl halides is 1. The van der Waals surface area contributed by atoms with Crippen molar-refractivity contribution in [2.45, 2.75) is 97.2 Å². The summed E-state index contributed by atoms with van der Waals surface area (Å²) >= 11 is 1.48. The molecule has 35 heavy (non-hydrogen) atoms. The Labute approximate surface area is 209 Å². The number of aliphatic hydroxyl groups is 2. The molecular formula is C25H36FNO7S. The van der Waals surface area contributed by atoms with Gasteiger partial charge < -0.3 is 24.4 Å². The van der Waals surface area contributed by atoms with E-state index in [0.29, 0.717) is 11.3 Å². The Morgan fingerprint density at radius 2 is 1.97 bits per heavy atom. The topological polar surface area (TPSA) is 118 Å². The van der Waals surface area contributed by atoms with E-state index >= 15 is 4.39 Å². The van der Waals surface area contributed by atoms with Crippen molar-refractivity contribution in [2.75, 3.05) is 6.61 Å². The van der Waals surface area contributed by atoms with Gasteiger partial charge in [0.25, 0.3) is 0 Å². The number of thiazole rings is 1. The van der Waals surface area contributed by atoms with Crippen LogP contribution < -0.4 is 0 Å². The molecule has 0 aliphatic carbocycles. The molecule has 0 unspecified atom stereocenters. The number of halogens is 1. The second-order valence-electron chi connectivity index (χ2n) is 10.2. The maximum absolute atomic E-state index is 15.1. The molecular weight excluding hydrogens is 477 g/mol. The smallest absolute Gasteiger partial charge is 0.309 e. The number of cyclic esters (lactones) is 1. The number of aromatic nitrogens is 1. The molecule has 1 aromatic heterocycles. The molecule has 0 spiro atoms. The first-order valence-electron chi connectivity index (χ1n) is 11.9. The van der Waals surface area contributed by atoms with E-state index in [1.54, 1.807) is 26.8 Å². The predicted octanol–water partition coefficient (Wildman–Crippen LogP) is 3.37. The maximum atomic E-state index is 15.1. The van der Waals surface area contributed by atoms with Gasteiger partial charge in [0.05, 0.1) is 47.5 Å². The Morgan fingerprint density at radius 1 is 1.29 bits per heavy atom. The minimum absolute atomic E-state index is 0.0183. The first-order valence-corrected chi connectivity index (χ1v) is 12.8. The fraction of sp³-hybridized carbons (Fsp3) is 0.720. The summed E-state index contributed by atoms with van der Waals surface area (Å²) in [5.41, 5.74) is 0.0507. The third kappa shape index (κ3) is 6.54. The lowest BCUT2D eigenvalue weighted by molar-refractivity contribution is -0.155. The van der Waals surface area contributed by atoms with E-state index in [0.717, 1.165) is 5.01 Å². The number of hydrogen-bond acceptors (Lipinski definition) is 9. The van der Waals surface area contributed by atoms with Gasteiger partial charge in [0.2, 0.25) is 5.85 Å². The molecule has 2 aliphatic rings. The van der Waals surface area contributed by atoms with Gasteiger partial charge in [0.15, 0.2) is 0 Å². The van der Waals surface area contributed by atoms with Crippen molar-refractivity contribution in [2.24, 2.45) is 11.3 Å². The summed E-state index contributed by atoms with van der Waals surface area (Å²) < 4.78 is 31.7. The largest absolute Gasteiger partial charge is 0.458 e. The molecule has 2 saturated heterocycles. The highest BCUT2D eigenvalue weighted by atomic mass is 32.1. The number of epoxide rings is 1. The summed E-state index contributed by atoms with van der Waals surface area (Å²) in [6.07, 6.45) is -3.46. The zero-order chi connectivity index (χ0) is 26.1. The first kappa shape index (κ1) is 27.9. The molecule has 0 radical (unpaired) electrons. The van der Waals surface area contributed by atoms with Crippen LogP contribution in [0, 0.1) is 18.3 Å². The van der Waals surface area contributed by atoms with E-state index in [2.05, 4.69) is 4.98 Å². The van der Waals surface area contributed by atoms with Crippen LogP contribution in [0.15, 0.2) is 11.0 Å². The quantitative estimate of drug-likeness (QED) is 0.457. The summed E-state index contributed by atoms with van der Waals surface area (Å²) in [5.74, 6) is -3.92. The third-order valence-corrected chi connectivity index (χ3v) is 7.83. The average molecular weight is 514 g/mol. The highest BCUT2D eigenvalue weighted by Gasteiger charge is 2.58. The highest BCUT2D eigenvalue weighted by Crippen LogP contribution is 2.45. The van der Waals surface area contributed by atoms with Crippen molar-refractivity contribution >= 4 is 29.2 Å². The molecule has 0 saturated carbocycles. The van der Waals surface area contributed by atoms with Crippen LogP contribution in [0.3, 0.4) is 0 Å². The lowest BCUT2D eigenvalue weighted by Crippen LogP contribution is -2.47. The van der Waals surface area contributed by atoms with Crippen LogP contribution in [-0.2, 0) is 23.8 Å². The van der Waals surface area contributed by atoms with Crippen molar-refractivity contribution < 1.29 is 38.4 Å². The molecule has 2 fully saturated rings. The molecule has 0 amide bonds. The molecule has 1 aromatic rings. The van der Waals surface area contributed by atoms with Crippen LogP contribution in [0.2, 0.25) is 0 Å². The van der Waals surface area contributed by atoms with E-state index in [9.17, 15) is 19.8 Å². The lowest BCUT2D eigenvalue weighted by atomic mass is 9.74. The SMILES string of the molecule is CC(=Cc1csc(C)n1)[C@@H]1C[C@H]2O[C@@]2(F)CCO[C@@H](C)[C@@H](O)[C@@H](C)C(=O)C(C)(C)[C@@H](O)CC(=O)O1. The number of aryl methyl sites for hydroxylation is 1. The molecule has 2 aliphatic heterocycles. The van der Waals surface area contributed by atoms with E-state index in [1.807, 2.05) is 12.3 Å². The molecule has 0 aromatic carbocycles. The molecule has 3 heterocycles. The molecule has 2 N–H and O–H groups in total. The van der Waals surface area contributed by atoms with Gasteiger partial charge in [-0.25, -0.2) is 9.37 Å². The van der Waals surface area contributed by atoms with Gasteiger partial charge in [-0.2, -0.15) is 0 Å². The molecule has 8 nitrogen and oxygen atoms in total. The molecule has 10 heteroatoms. The predicted molar refractivity (Wildman–Crippen MR) is 128 cm³/mol. The monoisotopic (exact) mass is 513 g/mol. The van der Waals surface area contributed by atoms with E-state index in [1.165, 1.54) is 25.2 Å². The van der Waals surface area contributed by atoms with Crippen molar-refractivity contribution in [3.63, 3.8) is 0 Å². The van der Waals surface area contributed by atoms with Crippen LogP contribution in [0.25, 0.3) is 6.08 Å². The standard InChI is InChI=1S/C25H36FNO7S/c1-13(9-17-12-35-16(4)27-17)18-10-20-25(26,34-20)7-8-32-15(3)22(30)14(2)23(31)24(5,6)19(28)11-21(29)33-18/h9,12,14-15,18-20,22,28,30H,7-8,10-11H2,1-6H3/t14-,15+,18+,19+,20-,22+,25+/m1/s1. The van der Waals surface area contributed by atoms with Crippen LogP contribution in [0.1, 0.15) is 64.6 Å². The van der Waals surface area contributed by atoms with Gasteiger partial charge in [-0.1, -0.05) is 20.8 Å². The second-order valence-corrected chi connectivity index (χ2v) is 11.3. The highest BCUT2D eigenvalue weighted by molar-refractivity contribution is 7.09. The van der Waals surface area contributed by atoms with Crippen molar-refractivity contribution in [3.8, 4) is 0 Å². The number of ketones is 1. The number of aliphatic hydroxyl groups excluding tert-OH is 2. The van der Waals surface area contributed by atoms with Crippen LogP contribution >= 0.6 is 11.3 Å². The number of carbonyl (C=O) groups is 2. The zero-order valence-corrected chi connectivity index (χ0v) is 21.9. The number of nitrogens with zero attached hydrogens (tertiary/aromatic N) is 1. The minimum atomic E-state index is -1.92. The van der Waals surface area contributed by atoms with Gasteiger partial charge >= 0.3 is 5.97 Å². The number of fused-ring (bicyclic) bond motifs is 1. The fourth-order valence-electron chi connectivity index (χ4n) is 4.36. The van der Waals surface area contributed by atoms with Gasteiger partial charge in [-0.15, -0.1) is 11.3 Å². The molecule has 196 valence electrons. The number of rotatable bonds is 2. The number of hydrogen-bond donors (Lipinski definition) is 2. The summed E-state index contributed by atoms with van der Waals surface area (Å²) in [7, 11) is 0. The molecule has 0 bridgehead atoms. The number of carbonyl (C=O) groups excluding carboxylic acids is 2. The minimum Gasteiger partial charge on any atom is -0.458 e. The van der Waals surface area contributed by atoms with E-state index < -0.39 is 65.9 Å². The van der Waals surface area contributed by atoms with Gasteiger partial charge in [0.1, 0.15) is 18.0 Å². The Hall–Kier alpha value is -1.72. The van der Waals surface area contributed by atoms with Crippen molar-refractivity contribution in [1.29, 1.82) is 0 Å². The fourth-order valence-corrected chi connectivity index (χ4v) is 4.93. The average Bonchev–Trinajstić information content (AvgIpc) is 3.22. The number of ether oxygens (including phenoxy) is 3. The Kier molecular flexibility index (Phi) is 8.53. The second kappa shape index (κ2) is 10.7. The molecule has 7 atom stereocenters. The Morgan fingerprint density at radius 3 is 2.60 bits per heavy atom. The maximum Gasteiger partial charge on any atom is 0.309 e. The van der Waals surface area contributed by atoms with Crippen LogP contribution in [0.5, 0.6) is 0 Å². The van der Waals surface area contributed by atoms with E-state index in [-0.39, 0.29) is 19.4 Å². The van der Waals surface area contributed by atoms with Gasteiger partial charge in [0, 0.05) is 24.1 Å². The summed E-state index contributed by atoms with van der Waals surface area (Å²) in [5, 5.41) is 24.1. The van der Waals surface area contributed by atoms with Crippen LogP contribution in [0.4, 0.5) is 4.39 Å². The molecule has 3 rings (SSSR count). The van der Waals surface area contributed by atoms with Gasteiger partial charge in [-0.3, -0.25) is 9.59 Å². The first-order chi connectivity index (χ1) is 16.2. The lowest BCUT2D eigenvalue weighted by Gasteiger charge is -2.34. The van der Waals surface area contributed by atoms with Crippen LogP contribution in [-0.4, -0.2) is 69.9 Å². The Bertz CT molecular complexity index is 963. The number of Topliss-reactive ketones (excluding diaryl/α,β-unsaturated/α-hetero) is 1. The van der Waals surface area contributed by atoms with E-state index in [4.69, 9.17) is 14.2 Å². The van der Waals surface area contributed by atoms with Crippen molar-refractivity contribution in [1.82, 2.24) is 4.98 Å². The van der Waals surface area contributed by atoms with Crippen molar-refractivity contribution in [3.05, 3.63) is 21.7 Å². The summed E-state index contributed by atoms with van der Waals surface area (Å²) in [6.45, 7) is 9.86. The zero-order valence-electron chi connectivity index (χ0n) is 21.1. The number of esters is 1. The summed E-state index contributed by atoms with van der Waals surface area (Å²) in [6, 6.07) is 0. The summed E-state index contributed by atoms with van der Waals surface area (Å²) in [4.78, 5) is 30.3. The third-order valence-electron chi connectivity index (χ3n) is 7.04.